The summed E-state index contributed by atoms with van der Waals surface area (Å²) in [6.07, 6.45) is 6.16. The van der Waals surface area contributed by atoms with Crippen LogP contribution in [0.15, 0.2) is 55.1 Å². The van der Waals surface area contributed by atoms with Crippen molar-refractivity contribution in [2.45, 2.75) is 26.8 Å². The minimum absolute atomic E-state index is 0.0955. The average molecular weight is 485 g/mol. The molecule has 7 nitrogen and oxygen atoms in total. The molecule has 2 aromatic carbocycles. The van der Waals surface area contributed by atoms with E-state index in [2.05, 4.69) is 4.98 Å². The lowest BCUT2D eigenvalue weighted by Gasteiger charge is -2.20. The summed E-state index contributed by atoms with van der Waals surface area (Å²) < 4.78 is 14.1. The number of rotatable bonds is 10. The summed E-state index contributed by atoms with van der Waals surface area (Å²) in [5.74, 6) is 1.20. The van der Waals surface area contributed by atoms with Crippen LogP contribution in [0.25, 0.3) is 10.2 Å². The van der Waals surface area contributed by atoms with Crippen molar-refractivity contribution in [1.29, 1.82) is 0 Å². The third kappa shape index (κ3) is 5.64. The number of carbonyl (C=O) groups excluding carboxylic acids is 1. The maximum Gasteiger partial charge on any atom is 0.266 e. The van der Waals surface area contributed by atoms with Gasteiger partial charge in [0, 0.05) is 25.5 Å². The molecule has 2 aromatic heterocycles. The molecule has 0 aliphatic heterocycles. The number of imidazole rings is 1. The molecule has 0 N–H and O–H groups in total. The number of carbonyl (C=O) groups is 1. The van der Waals surface area contributed by atoms with E-state index in [1.165, 1.54) is 11.3 Å². The quantitative estimate of drug-likeness (QED) is 0.303. The topological polar surface area (TPSA) is 69.5 Å². The van der Waals surface area contributed by atoms with Gasteiger partial charge in [-0.15, -0.1) is 0 Å². The Kier molecular flexibility index (Phi) is 7.47. The molecule has 0 atom stereocenters. The fourth-order valence-corrected chi connectivity index (χ4v) is 4.75. The lowest BCUT2D eigenvalue weighted by Crippen LogP contribution is -2.36. The lowest BCUT2D eigenvalue weighted by atomic mass is 10.2. The molecule has 0 saturated carbocycles. The fraction of sp³-hybridized carbons (Fsp3) is 0.292. The van der Waals surface area contributed by atoms with E-state index < -0.39 is 0 Å². The Labute approximate surface area is 201 Å². The zero-order chi connectivity index (χ0) is 23.2. The minimum Gasteiger partial charge on any atom is -0.494 e. The maximum atomic E-state index is 13.2. The second-order valence-corrected chi connectivity index (χ2v) is 8.82. The van der Waals surface area contributed by atoms with E-state index in [-0.39, 0.29) is 12.5 Å². The van der Waals surface area contributed by atoms with Crippen molar-refractivity contribution < 1.29 is 14.3 Å². The second kappa shape index (κ2) is 10.7. The molecule has 0 spiro atoms. The molecular weight excluding hydrogens is 460 g/mol. The van der Waals surface area contributed by atoms with E-state index in [4.69, 9.17) is 26.1 Å². The summed E-state index contributed by atoms with van der Waals surface area (Å²) >= 11 is 7.82. The number of halogens is 1. The zero-order valence-electron chi connectivity index (χ0n) is 18.5. The van der Waals surface area contributed by atoms with Crippen LogP contribution in [0.1, 0.15) is 18.9 Å². The Morgan fingerprint density at radius 3 is 2.58 bits per heavy atom. The smallest absolute Gasteiger partial charge is 0.266 e. The number of fused-ring (bicyclic) bond motifs is 1. The Morgan fingerprint density at radius 1 is 1.15 bits per heavy atom. The summed E-state index contributed by atoms with van der Waals surface area (Å²) in [6.45, 7) is 5.66. The molecule has 0 saturated heterocycles. The van der Waals surface area contributed by atoms with E-state index in [9.17, 15) is 4.79 Å². The van der Waals surface area contributed by atoms with Gasteiger partial charge >= 0.3 is 0 Å². The number of anilines is 1. The van der Waals surface area contributed by atoms with Crippen LogP contribution >= 0.6 is 22.9 Å². The van der Waals surface area contributed by atoms with Crippen LogP contribution in [-0.4, -0.2) is 40.2 Å². The molecule has 1 amide bonds. The first kappa shape index (κ1) is 23.1. The van der Waals surface area contributed by atoms with E-state index in [0.717, 1.165) is 34.5 Å². The van der Waals surface area contributed by atoms with Crippen LogP contribution in [0, 0.1) is 6.92 Å². The van der Waals surface area contributed by atoms with Gasteiger partial charge in [-0.1, -0.05) is 29.0 Å². The normalized spacial score (nSPS) is 11.0. The Balaban J connectivity index is 1.50. The van der Waals surface area contributed by atoms with Gasteiger partial charge < -0.3 is 14.0 Å². The first-order valence-corrected chi connectivity index (χ1v) is 11.9. The van der Waals surface area contributed by atoms with Crippen LogP contribution in [-0.2, 0) is 11.3 Å². The van der Waals surface area contributed by atoms with Crippen molar-refractivity contribution in [2.75, 3.05) is 24.7 Å². The summed E-state index contributed by atoms with van der Waals surface area (Å²) in [5.41, 5.74) is 1.84. The summed E-state index contributed by atoms with van der Waals surface area (Å²) in [4.78, 5) is 23.7. The molecule has 33 heavy (non-hydrogen) atoms. The van der Waals surface area contributed by atoms with Gasteiger partial charge in [0.25, 0.3) is 5.91 Å². The number of nitrogens with zero attached hydrogens (tertiary/aromatic N) is 4. The van der Waals surface area contributed by atoms with Gasteiger partial charge in [-0.3, -0.25) is 9.69 Å². The Bertz CT molecular complexity index is 1170. The van der Waals surface area contributed by atoms with Crippen molar-refractivity contribution in [3.05, 3.63) is 65.7 Å². The van der Waals surface area contributed by atoms with E-state index >= 15 is 0 Å². The Hall–Kier alpha value is -3.10. The highest BCUT2D eigenvalue weighted by molar-refractivity contribution is 7.23. The van der Waals surface area contributed by atoms with Gasteiger partial charge in [-0.05, 0) is 56.2 Å². The van der Waals surface area contributed by atoms with E-state index in [1.54, 1.807) is 29.6 Å². The van der Waals surface area contributed by atoms with Crippen molar-refractivity contribution in [2.24, 2.45) is 0 Å². The first-order valence-electron chi connectivity index (χ1n) is 10.7. The molecule has 0 unspecified atom stereocenters. The van der Waals surface area contributed by atoms with Crippen molar-refractivity contribution in [3.8, 4) is 11.5 Å². The molecule has 0 aliphatic carbocycles. The SMILES string of the molecule is CCOc1ccc(OCC(=O)N(CCCn2ccnc2)c2nc3c(C)ccc(Cl)c3s2)cc1. The van der Waals surface area contributed by atoms with Crippen LogP contribution in [0.4, 0.5) is 5.13 Å². The van der Waals surface area contributed by atoms with Crippen LogP contribution in [0.3, 0.4) is 0 Å². The summed E-state index contributed by atoms with van der Waals surface area (Å²) in [7, 11) is 0. The largest absolute Gasteiger partial charge is 0.494 e. The van der Waals surface area contributed by atoms with Crippen LogP contribution in [0.2, 0.25) is 5.02 Å². The summed E-state index contributed by atoms with van der Waals surface area (Å²) in [5, 5.41) is 1.25. The predicted octanol–water partition coefficient (Wildman–Crippen LogP) is 5.36. The molecular formula is C24H25ClN4O3S. The maximum absolute atomic E-state index is 13.2. The number of amides is 1. The standard InChI is InChI=1S/C24H25ClN4O3S/c1-3-31-18-6-8-19(9-7-18)32-15-21(30)29(13-4-12-28-14-11-26-16-28)24-27-22-17(2)5-10-20(25)23(22)33-24/h5-11,14,16H,3-4,12-13,15H2,1-2H3. The molecule has 0 fully saturated rings. The van der Waals surface area contributed by atoms with Gasteiger partial charge in [0.2, 0.25) is 0 Å². The predicted molar refractivity (Wildman–Crippen MR) is 132 cm³/mol. The monoisotopic (exact) mass is 484 g/mol. The number of aryl methyl sites for hydroxylation is 2. The number of hydrogen-bond acceptors (Lipinski definition) is 6. The Morgan fingerprint density at radius 2 is 1.91 bits per heavy atom. The number of hydrogen-bond donors (Lipinski definition) is 0. The van der Waals surface area contributed by atoms with Gasteiger partial charge in [-0.2, -0.15) is 0 Å². The molecule has 0 bridgehead atoms. The molecule has 0 radical (unpaired) electrons. The molecule has 4 aromatic rings. The highest BCUT2D eigenvalue weighted by atomic mass is 35.5. The number of aromatic nitrogens is 3. The third-order valence-corrected chi connectivity index (χ3v) is 6.61. The highest BCUT2D eigenvalue weighted by Crippen LogP contribution is 2.35. The minimum atomic E-state index is -0.164. The van der Waals surface area contributed by atoms with Crippen LogP contribution < -0.4 is 14.4 Å². The molecule has 0 aliphatic rings. The van der Waals surface area contributed by atoms with Crippen molar-refractivity contribution in [3.63, 3.8) is 0 Å². The number of benzene rings is 2. The fourth-order valence-electron chi connectivity index (χ4n) is 3.39. The van der Waals surface area contributed by atoms with E-state index in [0.29, 0.717) is 29.1 Å². The zero-order valence-corrected chi connectivity index (χ0v) is 20.1. The second-order valence-electron chi connectivity index (χ2n) is 7.43. The first-order chi connectivity index (χ1) is 16.0. The summed E-state index contributed by atoms with van der Waals surface area (Å²) in [6, 6.07) is 11.0. The highest BCUT2D eigenvalue weighted by Gasteiger charge is 2.21. The van der Waals surface area contributed by atoms with Crippen molar-refractivity contribution in [1.82, 2.24) is 14.5 Å². The van der Waals surface area contributed by atoms with Crippen molar-refractivity contribution >= 4 is 44.2 Å². The third-order valence-electron chi connectivity index (χ3n) is 5.07. The van der Waals surface area contributed by atoms with Gasteiger partial charge in [-0.25, -0.2) is 9.97 Å². The molecule has 4 rings (SSSR count). The molecule has 172 valence electrons. The van der Waals surface area contributed by atoms with Crippen LogP contribution in [0.5, 0.6) is 11.5 Å². The van der Waals surface area contributed by atoms with Gasteiger partial charge in [0.1, 0.15) is 11.5 Å². The number of thiazole rings is 1. The van der Waals surface area contributed by atoms with Gasteiger partial charge in [0.15, 0.2) is 11.7 Å². The average Bonchev–Trinajstić information content (AvgIpc) is 3.50. The molecule has 9 heteroatoms. The van der Waals surface area contributed by atoms with E-state index in [1.807, 2.05) is 48.9 Å². The lowest BCUT2D eigenvalue weighted by molar-refractivity contribution is -0.120. The molecule has 2 heterocycles. The number of ether oxygens (including phenoxy) is 2. The van der Waals surface area contributed by atoms with Gasteiger partial charge in [0.05, 0.1) is 28.2 Å².